The number of thiophene rings is 1. The van der Waals surface area contributed by atoms with Crippen LogP contribution in [0.3, 0.4) is 0 Å². The average molecular weight is 473 g/mol. The van der Waals surface area contributed by atoms with Gasteiger partial charge in [-0.2, -0.15) is 9.78 Å². The molecule has 8 nitrogen and oxygen atoms in total. The normalized spacial score (nSPS) is 11.1. The summed E-state index contributed by atoms with van der Waals surface area (Å²) in [7, 11) is 0. The number of esters is 1. The predicted octanol–water partition coefficient (Wildman–Crippen LogP) is 4.67. The average Bonchev–Trinajstić information content (AvgIpc) is 3.45. The van der Waals surface area contributed by atoms with E-state index in [1.807, 2.05) is 43.3 Å². The van der Waals surface area contributed by atoms with E-state index >= 15 is 0 Å². The lowest BCUT2D eigenvalue weighted by Crippen LogP contribution is -2.25. The first-order chi connectivity index (χ1) is 16.5. The Morgan fingerprint density at radius 3 is 2.65 bits per heavy atom. The Hall–Kier alpha value is -4.24. The zero-order valence-electron chi connectivity index (χ0n) is 18.4. The van der Waals surface area contributed by atoms with Crippen LogP contribution in [-0.4, -0.2) is 33.2 Å². The van der Waals surface area contributed by atoms with Gasteiger partial charge in [-0.3, -0.25) is 9.59 Å². The van der Waals surface area contributed by atoms with Gasteiger partial charge in [-0.15, -0.1) is 11.3 Å². The standard InChI is InChI=1S/C25H20N4O4S/c1-3-33-25(32)21-18-13-34-23(27-22(30)17-12-26-19-7-5-4-6-16(17)19)20(18)24(31)29(28-21)15-10-8-14(2)9-11-15/h4-13,26H,3H2,1-2H3,(H,27,30). The van der Waals surface area contributed by atoms with Crippen LogP contribution in [0.2, 0.25) is 0 Å². The summed E-state index contributed by atoms with van der Waals surface area (Å²) in [6, 6.07) is 14.7. The molecule has 0 atom stereocenters. The molecule has 0 saturated heterocycles. The van der Waals surface area contributed by atoms with Crippen LogP contribution in [0.1, 0.15) is 33.3 Å². The zero-order valence-corrected chi connectivity index (χ0v) is 19.2. The van der Waals surface area contributed by atoms with Gasteiger partial charge in [-0.25, -0.2) is 4.79 Å². The van der Waals surface area contributed by atoms with Crippen LogP contribution < -0.4 is 10.9 Å². The van der Waals surface area contributed by atoms with Crippen LogP contribution in [0.25, 0.3) is 27.4 Å². The van der Waals surface area contributed by atoms with Crippen molar-refractivity contribution in [1.82, 2.24) is 14.8 Å². The molecule has 34 heavy (non-hydrogen) atoms. The molecule has 170 valence electrons. The van der Waals surface area contributed by atoms with Gasteiger partial charge < -0.3 is 15.0 Å². The van der Waals surface area contributed by atoms with Crippen LogP contribution in [0.15, 0.2) is 64.9 Å². The molecule has 3 aromatic heterocycles. The minimum atomic E-state index is -0.638. The fourth-order valence-corrected chi connectivity index (χ4v) is 4.71. The van der Waals surface area contributed by atoms with E-state index in [-0.39, 0.29) is 23.6 Å². The van der Waals surface area contributed by atoms with Gasteiger partial charge in [-0.1, -0.05) is 35.9 Å². The summed E-state index contributed by atoms with van der Waals surface area (Å²) < 4.78 is 6.35. The number of rotatable bonds is 5. The summed E-state index contributed by atoms with van der Waals surface area (Å²) in [5, 5.41) is 10.5. The summed E-state index contributed by atoms with van der Waals surface area (Å²) in [6.45, 7) is 3.80. The third kappa shape index (κ3) is 3.65. The van der Waals surface area contributed by atoms with Crippen LogP contribution >= 0.6 is 11.3 Å². The van der Waals surface area contributed by atoms with Crippen molar-refractivity contribution in [3.05, 3.63) is 87.3 Å². The molecule has 1 amide bonds. The molecule has 5 aromatic rings. The predicted molar refractivity (Wildman–Crippen MR) is 132 cm³/mol. The highest BCUT2D eigenvalue weighted by Gasteiger charge is 2.24. The van der Waals surface area contributed by atoms with Crippen molar-refractivity contribution in [2.75, 3.05) is 11.9 Å². The van der Waals surface area contributed by atoms with Crippen molar-refractivity contribution in [2.45, 2.75) is 13.8 Å². The fourth-order valence-electron chi connectivity index (χ4n) is 3.78. The number of carbonyl (C=O) groups is 2. The van der Waals surface area contributed by atoms with Crippen molar-refractivity contribution in [3.8, 4) is 5.69 Å². The SMILES string of the molecule is CCOC(=O)c1nn(-c2ccc(C)cc2)c(=O)c2c(NC(=O)c3c[nH]c4ccccc34)scc12. The number of para-hydroxylation sites is 1. The fraction of sp³-hybridized carbons (Fsp3) is 0.120. The molecule has 3 heterocycles. The number of carbonyl (C=O) groups excluding carboxylic acids is 2. The number of aromatic nitrogens is 3. The van der Waals surface area contributed by atoms with Gasteiger partial charge in [0.05, 0.1) is 23.2 Å². The van der Waals surface area contributed by atoms with E-state index in [0.717, 1.165) is 27.8 Å². The maximum atomic E-state index is 13.5. The number of hydrogen-bond acceptors (Lipinski definition) is 6. The number of anilines is 1. The van der Waals surface area contributed by atoms with Gasteiger partial charge in [0.25, 0.3) is 11.5 Å². The number of benzene rings is 2. The molecule has 0 fully saturated rings. The van der Waals surface area contributed by atoms with Crippen molar-refractivity contribution in [3.63, 3.8) is 0 Å². The largest absolute Gasteiger partial charge is 0.461 e. The quantitative estimate of drug-likeness (QED) is 0.362. The van der Waals surface area contributed by atoms with E-state index in [1.165, 1.54) is 4.68 Å². The molecular weight excluding hydrogens is 452 g/mol. The Kier molecular flexibility index (Phi) is 5.46. The molecule has 0 spiro atoms. The molecule has 9 heteroatoms. The van der Waals surface area contributed by atoms with Gasteiger partial charge in [0.2, 0.25) is 0 Å². The van der Waals surface area contributed by atoms with Gasteiger partial charge >= 0.3 is 5.97 Å². The second-order valence-electron chi connectivity index (χ2n) is 7.68. The topological polar surface area (TPSA) is 106 Å². The van der Waals surface area contributed by atoms with E-state index in [4.69, 9.17) is 4.74 Å². The number of hydrogen-bond donors (Lipinski definition) is 2. The molecule has 0 saturated carbocycles. The number of H-pyrrole nitrogens is 1. The van der Waals surface area contributed by atoms with Gasteiger partial charge in [0.1, 0.15) is 5.00 Å². The molecule has 0 bridgehead atoms. The molecule has 2 N–H and O–H groups in total. The minimum absolute atomic E-state index is 0.0147. The second kappa shape index (κ2) is 8.60. The number of ether oxygens (including phenoxy) is 1. The first kappa shape index (κ1) is 21.6. The number of nitrogens with zero attached hydrogens (tertiary/aromatic N) is 2. The smallest absolute Gasteiger partial charge is 0.359 e. The van der Waals surface area contributed by atoms with E-state index in [1.54, 1.807) is 30.6 Å². The zero-order chi connectivity index (χ0) is 23.8. The Morgan fingerprint density at radius 2 is 1.88 bits per heavy atom. The molecule has 0 aliphatic carbocycles. The lowest BCUT2D eigenvalue weighted by Gasteiger charge is -2.10. The summed E-state index contributed by atoms with van der Waals surface area (Å²) in [5.74, 6) is -1.00. The number of fused-ring (bicyclic) bond motifs is 2. The lowest BCUT2D eigenvalue weighted by atomic mass is 10.1. The lowest BCUT2D eigenvalue weighted by molar-refractivity contribution is 0.0520. The Balaban J connectivity index is 1.66. The third-order valence-corrected chi connectivity index (χ3v) is 6.36. The van der Waals surface area contributed by atoms with E-state index in [0.29, 0.717) is 21.6 Å². The first-order valence-electron chi connectivity index (χ1n) is 10.6. The van der Waals surface area contributed by atoms with E-state index in [2.05, 4.69) is 15.4 Å². The molecular formula is C25H20N4O4S. The third-order valence-electron chi connectivity index (χ3n) is 5.46. The van der Waals surface area contributed by atoms with Crippen LogP contribution in [0, 0.1) is 6.92 Å². The molecule has 5 rings (SSSR count). The maximum absolute atomic E-state index is 13.5. The van der Waals surface area contributed by atoms with Crippen molar-refractivity contribution >= 4 is 49.9 Å². The van der Waals surface area contributed by atoms with E-state index < -0.39 is 11.5 Å². The monoisotopic (exact) mass is 472 g/mol. The molecule has 0 unspecified atom stereocenters. The van der Waals surface area contributed by atoms with Crippen LogP contribution in [0.5, 0.6) is 0 Å². The Morgan fingerprint density at radius 1 is 1.12 bits per heavy atom. The molecule has 0 aliphatic rings. The summed E-state index contributed by atoms with van der Waals surface area (Å²) in [4.78, 5) is 42.4. The van der Waals surface area contributed by atoms with Crippen LogP contribution in [-0.2, 0) is 4.74 Å². The van der Waals surface area contributed by atoms with Gasteiger partial charge in [0.15, 0.2) is 5.69 Å². The van der Waals surface area contributed by atoms with Crippen molar-refractivity contribution in [1.29, 1.82) is 0 Å². The highest BCUT2D eigenvalue weighted by molar-refractivity contribution is 7.16. The second-order valence-corrected chi connectivity index (χ2v) is 8.56. The van der Waals surface area contributed by atoms with Gasteiger partial charge in [-0.05, 0) is 32.0 Å². The molecule has 0 aliphatic heterocycles. The highest BCUT2D eigenvalue weighted by Crippen LogP contribution is 2.31. The summed E-state index contributed by atoms with van der Waals surface area (Å²) >= 11 is 1.16. The Bertz CT molecular complexity index is 1610. The molecule has 0 radical (unpaired) electrons. The number of aryl methyl sites for hydroxylation is 1. The molecule has 2 aromatic carbocycles. The number of nitrogens with one attached hydrogen (secondary N) is 2. The maximum Gasteiger partial charge on any atom is 0.359 e. The Labute approximate surface area is 197 Å². The number of aromatic amines is 1. The summed E-state index contributed by atoms with van der Waals surface area (Å²) in [5.41, 5.74) is 2.38. The number of amides is 1. The first-order valence-corrected chi connectivity index (χ1v) is 11.5. The van der Waals surface area contributed by atoms with Crippen LogP contribution in [0.4, 0.5) is 5.00 Å². The summed E-state index contributed by atoms with van der Waals surface area (Å²) in [6.07, 6.45) is 1.63. The van der Waals surface area contributed by atoms with Crippen molar-refractivity contribution < 1.29 is 14.3 Å². The highest BCUT2D eigenvalue weighted by atomic mass is 32.1. The van der Waals surface area contributed by atoms with Crippen molar-refractivity contribution in [2.24, 2.45) is 0 Å². The van der Waals surface area contributed by atoms with E-state index in [9.17, 15) is 14.4 Å². The van der Waals surface area contributed by atoms with Gasteiger partial charge in [0, 0.05) is 27.9 Å². The minimum Gasteiger partial charge on any atom is -0.461 e.